The lowest BCUT2D eigenvalue weighted by atomic mass is 9.98. The zero-order valence-electron chi connectivity index (χ0n) is 22.9. The maximum absolute atomic E-state index is 14.3. The summed E-state index contributed by atoms with van der Waals surface area (Å²) in [5.41, 5.74) is 6.48. The van der Waals surface area contributed by atoms with Gasteiger partial charge in [0.2, 0.25) is 5.88 Å². The number of aromatic nitrogens is 3. The zero-order chi connectivity index (χ0) is 29.2. The number of rotatable bonds is 9. The first-order chi connectivity index (χ1) is 20.4. The third-order valence-electron chi connectivity index (χ3n) is 7.64. The Balaban J connectivity index is 1.26. The number of halogens is 1. The molecule has 5 aromatic rings. The lowest BCUT2D eigenvalue weighted by Gasteiger charge is -2.15. The lowest BCUT2D eigenvalue weighted by molar-refractivity contribution is 0.0697. The van der Waals surface area contributed by atoms with Crippen LogP contribution in [0.5, 0.6) is 5.88 Å². The Morgan fingerprint density at radius 2 is 2.00 bits per heavy atom. The normalized spacial score (nSPS) is 14.1. The molecule has 1 N–H and O–H groups in total. The number of carbonyl (C=O) groups is 1. The van der Waals surface area contributed by atoms with Gasteiger partial charge in [-0.1, -0.05) is 30.3 Å². The van der Waals surface area contributed by atoms with Gasteiger partial charge >= 0.3 is 5.97 Å². The molecule has 42 heavy (non-hydrogen) atoms. The molecule has 1 unspecified atom stereocenters. The van der Waals surface area contributed by atoms with E-state index in [4.69, 9.17) is 21.0 Å². The average Bonchev–Trinajstić information content (AvgIpc) is 3.59. The van der Waals surface area contributed by atoms with Crippen molar-refractivity contribution in [3.05, 3.63) is 118 Å². The molecule has 1 atom stereocenters. The molecule has 3 aromatic carbocycles. The molecular weight excluding hydrogens is 535 g/mol. The van der Waals surface area contributed by atoms with Gasteiger partial charge in [-0.2, -0.15) is 0 Å². The molecule has 0 spiro atoms. The number of aromatic carboxylic acids is 1. The second-order valence-electron chi connectivity index (χ2n) is 10.2. The highest BCUT2D eigenvalue weighted by atomic mass is 19.1. The van der Waals surface area contributed by atoms with E-state index in [1.165, 1.54) is 17.2 Å². The fourth-order valence-electron chi connectivity index (χ4n) is 5.53. The van der Waals surface area contributed by atoms with Crippen molar-refractivity contribution < 1.29 is 23.8 Å². The molecule has 0 bridgehead atoms. The van der Waals surface area contributed by atoms with Crippen LogP contribution in [-0.2, 0) is 24.3 Å². The van der Waals surface area contributed by atoms with Crippen molar-refractivity contribution in [2.45, 2.75) is 31.9 Å². The van der Waals surface area contributed by atoms with E-state index < -0.39 is 11.8 Å². The molecule has 210 valence electrons. The number of carboxylic acids is 1. The maximum atomic E-state index is 14.3. The van der Waals surface area contributed by atoms with Gasteiger partial charge in [0.25, 0.3) is 0 Å². The van der Waals surface area contributed by atoms with Gasteiger partial charge in [-0.15, -0.1) is 0 Å². The predicted molar refractivity (Wildman–Crippen MR) is 155 cm³/mol. The molecule has 0 saturated carbocycles. The first-order valence-corrected chi connectivity index (χ1v) is 13.6. The third-order valence-corrected chi connectivity index (χ3v) is 7.64. The van der Waals surface area contributed by atoms with E-state index in [1.807, 2.05) is 18.2 Å². The van der Waals surface area contributed by atoms with Crippen molar-refractivity contribution in [3.8, 4) is 17.1 Å². The SMILES string of the molecule is [C-]#[N+]c1ccc(COc2cccc(-c3ccc4c(c3)CCC4c3nc4ccc(C(=O)O)cc4n3CCOC)n2)c(F)c1. The van der Waals surface area contributed by atoms with Crippen LogP contribution in [0.2, 0.25) is 0 Å². The quantitative estimate of drug-likeness (QED) is 0.199. The molecular formula is C33H27FN4O4. The van der Waals surface area contributed by atoms with Crippen LogP contribution in [0.4, 0.5) is 10.1 Å². The van der Waals surface area contributed by atoms with Gasteiger partial charge in [0, 0.05) is 36.8 Å². The van der Waals surface area contributed by atoms with Crippen molar-refractivity contribution in [2.24, 2.45) is 0 Å². The highest BCUT2D eigenvalue weighted by molar-refractivity contribution is 5.92. The van der Waals surface area contributed by atoms with E-state index >= 15 is 0 Å². The number of pyridine rings is 1. The van der Waals surface area contributed by atoms with Crippen molar-refractivity contribution >= 4 is 22.7 Å². The maximum Gasteiger partial charge on any atom is 0.335 e. The van der Waals surface area contributed by atoms with E-state index in [0.717, 1.165) is 41.0 Å². The van der Waals surface area contributed by atoms with Crippen molar-refractivity contribution in [1.82, 2.24) is 14.5 Å². The molecule has 1 aliphatic rings. The number of hydrogen-bond acceptors (Lipinski definition) is 5. The summed E-state index contributed by atoms with van der Waals surface area (Å²) in [5.74, 6) is -0.0974. The molecule has 0 saturated heterocycles. The molecule has 8 nitrogen and oxygen atoms in total. The van der Waals surface area contributed by atoms with E-state index in [2.05, 4.69) is 26.5 Å². The number of methoxy groups -OCH3 is 1. The Labute approximate surface area is 241 Å². The average molecular weight is 563 g/mol. The monoisotopic (exact) mass is 562 g/mol. The second-order valence-corrected chi connectivity index (χ2v) is 10.2. The van der Waals surface area contributed by atoms with E-state index in [-0.39, 0.29) is 23.8 Å². The predicted octanol–water partition coefficient (Wildman–Crippen LogP) is 6.79. The number of carboxylic acid groups (broad SMARTS) is 1. The Kier molecular flexibility index (Phi) is 7.38. The minimum Gasteiger partial charge on any atom is -0.478 e. The Bertz CT molecular complexity index is 1860. The molecule has 1 aliphatic carbocycles. The molecule has 0 fully saturated rings. The van der Waals surface area contributed by atoms with Gasteiger partial charge in [-0.3, -0.25) is 0 Å². The molecule has 2 heterocycles. The van der Waals surface area contributed by atoms with E-state index in [9.17, 15) is 14.3 Å². The first kappa shape index (κ1) is 27.1. The summed E-state index contributed by atoms with van der Waals surface area (Å²) in [5, 5.41) is 9.52. The summed E-state index contributed by atoms with van der Waals surface area (Å²) in [6.07, 6.45) is 1.76. The summed E-state index contributed by atoms with van der Waals surface area (Å²) in [6, 6.07) is 21.2. The van der Waals surface area contributed by atoms with Crippen molar-refractivity contribution in [2.75, 3.05) is 13.7 Å². The standard InChI is InChI=1S/C33H27FN4O4/c1-35-24-10-6-23(27(34)18-24)19-42-31-5-3-4-28(36-31)21-8-11-25-20(16-21)7-12-26(25)32-37-29-13-9-22(33(39)40)17-30(29)38(32)14-15-41-2/h3-6,8-11,13,16-18,26H,7,12,14-15,19H2,2H3,(H,39,40). The topological polar surface area (TPSA) is 90.8 Å². The number of fused-ring (bicyclic) bond motifs is 2. The lowest BCUT2D eigenvalue weighted by Crippen LogP contribution is -2.12. The van der Waals surface area contributed by atoms with E-state index in [0.29, 0.717) is 24.6 Å². The smallest absolute Gasteiger partial charge is 0.335 e. The summed E-state index contributed by atoms with van der Waals surface area (Å²) < 4.78 is 27.5. The largest absolute Gasteiger partial charge is 0.478 e. The number of ether oxygens (including phenoxy) is 2. The van der Waals surface area contributed by atoms with Gasteiger partial charge in [-0.25, -0.2) is 24.0 Å². The van der Waals surface area contributed by atoms with Crippen LogP contribution in [0, 0.1) is 12.4 Å². The fourth-order valence-corrected chi connectivity index (χ4v) is 5.53. The Hall–Kier alpha value is -5.07. The van der Waals surface area contributed by atoms with Crippen LogP contribution >= 0.6 is 0 Å². The van der Waals surface area contributed by atoms with Gasteiger partial charge in [0.05, 0.1) is 35.5 Å². The minimum absolute atomic E-state index is 0.00443. The van der Waals surface area contributed by atoms with Crippen molar-refractivity contribution in [1.29, 1.82) is 0 Å². The molecule has 6 rings (SSSR count). The van der Waals surface area contributed by atoms with Gasteiger partial charge in [0.15, 0.2) is 5.69 Å². The Morgan fingerprint density at radius 1 is 1.12 bits per heavy atom. The minimum atomic E-state index is -0.970. The van der Waals surface area contributed by atoms with Crippen LogP contribution < -0.4 is 4.74 Å². The first-order valence-electron chi connectivity index (χ1n) is 13.6. The molecule has 2 aromatic heterocycles. The summed E-state index contributed by atoms with van der Waals surface area (Å²) in [6.45, 7) is 8.08. The number of hydrogen-bond donors (Lipinski definition) is 1. The van der Waals surface area contributed by atoms with Gasteiger partial charge in [-0.05, 0) is 60.4 Å². The Morgan fingerprint density at radius 3 is 2.79 bits per heavy atom. The zero-order valence-corrected chi connectivity index (χ0v) is 22.9. The number of nitrogens with zero attached hydrogens (tertiary/aromatic N) is 4. The second kappa shape index (κ2) is 11.4. The van der Waals surface area contributed by atoms with E-state index in [1.54, 1.807) is 43.5 Å². The highest BCUT2D eigenvalue weighted by Crippen LogP contribution is 2.40. The summed E-state index contributed by atoms with van der Waals surface area (Å²) >= 11 is 0. The molecule has 0 aliphatic heterocycles. The summed E-state index contributed by atoms with van der Waals surface area (Å²) in [7, 11) is 1.65. The van der Waals surface area contributed by atoms with Crippen LogP contribution in [0.25, 0.3) is 27.1 Å². The summed E-state index contributed by atoms with van der Waals surface area (Å²) in [4.78, 5) is 24.5. The van der Waals surface area contributed by atoms with Gasteiger partial charge < -0.3 is 19.1 Å². The fraction of sp³-hybridized carbons (Fsp3) is 0.212. The highest BCUT2D eigenvalue weighted by Gasteiger charge is 2.29. The number of aryl methyl sites for hydroxylation is 1. The van der Waals surface area contributed by atoms with Crippen LogP contribution in [0.1, 0.15) is 45.2 Å². The van der Waals surface area contributed by atoms with Crippen LogP contribution in [-0.4, -0.2) is 39.3 Å². The van der Waals surface area contributed by atoms with Crippen LogP contribution in [0.3, 0.4) is 0 Å². The third kappa shape index (κ3) is 5.20. The molecule has 0 radical (unpaired) electrons. The number of imidazole rings is 1. The number of benzene rings is 3. The van der Waals surface area contributed by atoms with Crippen LogP contribution in [0.15, 0.2) is 72.8 Å². The molecule has 9 heteroatoms. The molecule has 0 amide bonds. The van der Waals surface area contributed by atoms with Gasteiger partial charge in [0.1, 0.15) is 18.2 Å². The van der Waals surface area contributed by atoms with Crippen molar-refractivity contribution in [3.63, 3.8) is 0 Å².